The van der Waals surface area contributed by atoms with Crippen molar-refractivity contribution in [2.45, 2.75) is 25.2 Å². The summed E-state index contributed by atoms with van der Waals surface area (Å²) in [5.74, 6) is 0.863. The zero-order valence-corrected chi connectivity index (χ0v) is 17.2. The minimum atomic E-state index is -0.0954. The van der Waals surface area contributed by atoms with E-state index in [1.807, 2.05) is 12.1 Å². The van der Waals surface area contributed by atoms with Crippen LogP contribution >= 0.6 is 11.3 Å². The first kappa shape index (κ1) is 18.6. The zero-order valence-electron chi connectivity index (χ0n) is 16.3. The van der Waals surface area contributed by atoms with E-state index in [4.69, 9.17) is 10.7 Å². The normalized spacial score (nSPS) is 19.8. The Bertz CT molecular complexity index is 1020. The van der Waals surface area contributed by atoms with Crippen molar-refractivity contribution in [2.24, 2.45) is 0 Å². The van der Waals surface area contributed by atoms with Gasteiger partial charge in [-0.25, -0.2) is 15.0 Å². The standard InChI is InChI=1S/C20H24N6OS/c1-20(8-4-10-26(11-20)15-7-9-22-12-23-15)14-6-5-13-16(21)17(19(27)25(2)3)28-18(13)24-14/h5-7,9,12H,4,8,10-11,21H2,1-3H3/t20-/m1/s1. The average Bonchev–Trinajstić information content (AvgIpc) is 3.04. The van der Waals surface area contributed by atoms with E-state index in [-0.39, 0.29) is 11.3 Å². The molecule has 0 unspecified atom stereocenters. The Kier molecular flexibility index (Phi) is 4.66. The number of rotatable bonds is 3. The van der Waals surface area contributed by atoms with Crippen molar-refractivity contribution in [1.82, 2.24) is 19.9 Å². The van der Waals surface area contributed by atoms with E-state index in [1.54, 1.807) is 31.5 Å². The van der Waals surface area contributed by atoms with Crippen molar-refractivity contribution in [2.75, 3.05) is 37.8 Å². The lowest BCUT2D eigenvalue weighted by atomic mass is 9.78. The number of anilines is 2. The van der Waals surface area contributed by atoms with Crippen molar-refractivity contribution < 1.29 is 4.79 Å². The SMILES string of the molecule is CN(C)C(=O)c1sc2nc([C@]3(C)CCCN(c4ccncn4)C3)ccc2c1N. The molecule has 4 rings (SSSR count). The topological polar surface area (TPSA) is 88.2 Å². The number of nitrogen functional groups attached to an aromatic ring is 1. The predicted octanol–water partition coefficient (Wildman–Crippen LogP) is 2.93. The van der Waals surface area contributed by atoms with Crippen molar-refractivity contribution >= 4 is 39.0 Å². The van der Waals surface area contributed by atoms with Crippen molar-refractivity contribution in [1.29, 1.82) is 0 Å². The van der Waals surface area contributed by atoms with Crippen molar-refractivity contribution in [3.05, 3.63) is 41.3 Å². The minimum absolute atomic E-state index is 0.0825. The summed E-state index contributed by atoms with van der Waals surface area (Å²) >= 11 is 1.37. The van der Waals surface area contributed by atoms with Crippen molar-refractivity contribution in [3.8, 4) is 0 Å². The van der Waals surface area contributed by atoms with Crippen LogP contribution in [0.15, 0.2) is 30.7 Å². The highest BCUT2D eigenvalue weighted by atomic mass is 32.1. The van der Waals surface area contributed by atoms with Crippen LogP contribution in [0.3, 0.4) is 0 Å². The third-order valence-electron chi connectivity index (χ3n) is 5.40. The number of nitrogens with two attached hydrogens (primary N) is 1. The van der Waals surface area contributed by atoms with Gasteiger partial charge in [-0.15, -0.1) is 11.3 Å². The summed E-state index contributed by atoms with van der Waals surface area (Å²) in [5, 5.41) is 0.853. The van der Waals surface area contributed by atoms with Gasteiger partial charge >= 0.3 is 0 Å². The molecule has 1 amide bonds. The summed E-state index contributed by atoms with van der Waals surface area (Å²) < 4.78 is 0. The van der Waals surface area contributed by atoms with Gasteiger partial charge in [0, 0.05) is 49.9 Å². The Morgan fingerprint density at radius 2 is 2.14 bits per heavy atom. The van der Waals surface area contributed by atoms with Crippen LogP contribution in [0.25, 0.3) is 10.2 Å². The van der Waals surface area contributed by atoms with Crippen LogP contribution in [0.4, 0.5) is 11.5 Å². The molecule has 3 aromatic heterocycles. The number of carbonyl (C=O) groups is 1. The molecule has 1 aliphatic heterocycles. The summed E-state index contributed by atoms with van der Waals surface area (Å²) in [7, 11) is 3.46. The van der Waals surface area contributed by atoms with Crippen LogP contribution in [-0.2, 0) is 5.41 Å². The number of nitrogens with zero attached hydrogens (tertiary/aromatic N) is 5. The molecule has 8 heteroatoms. The van der Waals surface area contributed by atoms with Gasteiger partial charge < -0.3 is 15.5 Å². The van der Waals surface area contributed by atoms with Gasteiger partial charge in [-0.05, 0) is 31.0 Å². The number of amides is 1. The molecule has 1 fully saturated rings. The average molecular weight is 397 g/mol. The third-order valence-corrected chi connectivity index (χ3v) is 6.50. The molecule has 146 valence electrons. The molecule has 2 N–H and O–H groups in total. The highest BCUT2D eigenvalue weighted by molar-refractivity contribution is 7.21. The van der Waals surface area contributed by atoms with E-state index in [0.717, 1.165) is 47.7 Å². The number of hydrogen-bond donors (Lipinski definition) is 1. The predicted molar refractivity (Wildman–Crippen MR) is 113 cm³/mol. The number of aromatic nitrogens is 3. The number of hydrogen-bond acceptors (Lipinski definition) is 7. The lowest BCUT2D eigenvalue weighted by Crippen LogP contribution is -2.45. The third kappa shape index (κ3) is 3.17. The number of thiophene rings is 1. The fraction of sp³-hybridized carbons (Fsp3) is 0.400. The number of fused-ring (bicyclic) bond motifs is 1. The second kappa shape index (κ2) is 7.01. The van der Waals surface area contributed by atoms with Gasteiger partial charge in [-0.1, -0.05) is 6.92 Å². The lowest BCUT2D eigenvalue weighted by molar-refractivity contribution is 0.0833. The van der Waals surface area contributed by atoms with Crippen LogP contribution < -0.4 is 10.6 Å². The van der Waals surface area contributed by atoms with Crippen LogP contribution in [-0.4, -0.2) is 52.9 Å². The molecule has 0 bridgehead atoms. The Morgan fingerprint density at radius 3 is 2.86 bits per heavy atom. The molecule has 1 atom stereocenters. The van der Waals surface area contributed by atoms with E-state index in [9.17, 15) is 4.79 Å². The zero-order chi connectivity index (χ0) is 19.9. The molecule has 0 aliphatic carbocycles. The number of carbonyl (C=O) groups excluding carboxylic acids is 1. The van der Waals surface area contributed by atoms with Crippen LogP contribution in [0, 0.1) is 0 Å². The van der Waals surface area contributed by atoms with E-state index < -0.39 is 0 Å². The smallest absolute Gasteiger partial charge is 0.265 e. The molecule has 0 spiro atoms. The molecule has 1 saturated heterocycles. The highest BCUT2D eigenvalue weighted by Gasteiger charge is 2.35. The summed E-state index contributed by atoms with van der Waals surface area (Å²) in [6, 6.07) is 6.01. The Hall–Kier alpha value is -2.74. The number of pyridine rings is 1. The lowest BCUT2D eigenvalue weighted by Gasteiger charge is -2.40. The molecule has 3 aromatic rings. The molecule has 7 nitrogen and oxygen atoms in total. The van der Waals surface area contributed by atoms with Crippen LogP contribution in [0.5, 0.6) is 0 Å². The second-order valence-electron chi connectivity index (χ2n) is 7.75. The fourth-order valence-corrected chi connectivity index (χ4v) is 4.93. The Balaban J connectivity index is 1.69. The minimum Gasteiger partial charge on any atom is -0.397 e. The van der Waals surface area contributed by atoms with Gasteiger partial charge in [0.2, 0.25) is 0 Å². The largest absolute Gasteiger partial charge is 0.397 e. The fourth-order valence-electron chi connectivity index (χ4n) is 3.81. The van der Waals surface area contributed by atoms with Gasteiger partial charge in [0.1, 0.15) is 21.9 Å². The second-order valence-corrected chi connectivity index (χ2v) is 8.75. The van der Waals surface area contributed by atoms with Crippen molar-refractivity contribution in [3.63, 3.8) is 0 Å². The maximum Gasteiger partial charge on any atom is 0.265 e. The van der Waals surface area contributed by atoms with Crippen LogP contribution in [0.1, 0.15) is 35.1 Å². The summed E-state index contributed by atoms with van der Waals surface area (Å²) in [6.45, 7) is 4.06. The van der Waals surface area contributed by atoms with Gasteiger partial charge in [-0.2, -0.15) is 0 Å². The maximum atomic E-state index is 12.4. The van der Waals surface area contributed by atoms with Crippen LogP contribution in [0.2, 0.25) is 0 Å². The Labute approximate surface area is 168 Å². The summed E-state index contributed by atoms with van der Waals surface area (Å²) in [6.07, 6.45) is 5.48. The van der Waals surface area contributed by atoms with Gasteiger partial charge in [0.25, 0.3) is 5.91 Å². The summed E-state index contributed by atoms with van der Waals surface area (Å²) in [5.41, 5.74) is 7.70. The van der Waals surface area contributed by atoms with E-state index in [1.165, 1.54) is 11.3 Å². The van der Waals surface area contributed by atoms with Gasteiger partial charge in [0.15, 0.2) is 0 Å². The summed E-state index contributed by atoms with van der Waals surface area (Å²) in [4.78, 5) is 31.0. The molecular formula is C20H24N6OS. The molecule has 0 aromatic carbocycles. The molecule has 28 heavy (non-hydrogen) atoms. The molecule has 4 heterocycles. The molecular weight excluding hydrogens is 372 g/mol. The highest BCUT2D eigenvalue weighted by Crippen LogP contribution is 2.38. The molecule has 0 radical (unpaired) electrons. The first-order valence-electron chi connectivity index (χ1n) is 9.31. The van der Waals surface area contributed by atoms with E-state index in [0.29, 0.717) is 10.6 Å². The first-order chi connectivity index (χ1) is 13.4. The maximum absolute atomic E-state index is 12.4. The monoisotopic (exact) mass is 396 g/mol. The van der Waals surface area contributed by atoms with Gasteiger partial charge in [-0.3, -0.25) is 4.79 Å². The van der Waals surface area contributed by atoms with E-state index in [2.05, 4.69) is 27.9 Å². The first-order valence-corrected chi connectivity index (χ1v) is 10.1. The Morgan fingerprint density at radius 1 is 1.32 bits per heavy atom. The quantitative estimate of drug-likeness (QED) is 0.732. The molecule has 0 saturated carbocycles. The van der Waals surface area contributed by atoms with Gasteiger partial charge in [0.05, 0.1) is 5.69 Å². The number of piperidine rings is 1. The molecule has 1 aliphatic rings. The van der Waals surface area contributed by atoms with E-state index >= 15 is 0 Å².